The number of rotatable bonds is 6. The SMILES string of the molecule is CC(C)C(O)CCNC(=O)c1ccc(Br)cc1[N+](=O)[O-]. The zero-order chi connectivity index (χ0) is 15.3. The van der Waals surface area contributed by atoms with Crippen LogP contribution in [0.15, 0.2) is 22.7 Å². The maximum atomic E-state index is 11.9. The van der Waals surface area contributed by atoms with E-state index < -0.39 is 16.9 Å². The topological polar surface area (TPSA) is 92.5 Å². The molecule has 2 N–H and O–H groups in total. The van der Waals surface area contributed by atoms with E-state index in [1.807, 2.05) is 13.8 Å². The number of benzene rings is 1. The van der Waals surface area contributed by atoms with Gasteiger partial charge < -0.3 is 10.4 Å². The van der Waals surface area contributed by atoms with Crippen LogP contribution in [0.4, 0.5) is 5.69 Å². The van der Waals surface area contributed by atoms with Crippen LogP contribution in [0.3, 0.4) is 0 Å². The summed E-state index contributed by atoms with van der Waals surface area (Å²) >= 11 is 3.13. The lowest BCUT2D eigenvalue weighted by molar-refractivity contribution is -0.385. The van der Waals surface area contributed by atoms with Crippen molar-refractivity contribution >= 4 is 27.5 Å². The molecule has 1 unspecified atom stereocenters. The van der Waals surface area contributed by atoms with Crippen molar-refractivity contribution in [3.63, 3.8) is 0 Å². The number of hydrogen-bond acceptors (Lipinski definition) is 4. The average Bonchev–Trinajstić information content (AvgIpc) is 2.37. The van der Waals surface area contributed by atoms with Crippen LogP contribution in [-0.2, 0) is 0 Å². The zero-order valence-corrected chi connectivity index (χ0v) is 12.9. The molecule has 1 aromatic carbocycles. The Morgan fingerprint density at radius 1 is 1.50 bits per heavy atom. The highest BCUT2D eigenvalue weighted by Gasteiger charge is 2.20. The lowest BCUT2D eigenvalue weighted by Gasteiger charge is -2.14. The maximum absolute atomic E-state index is 11.9. The number of carbonyl (C=O) groups is 1. The summed E-state index contributed by atoms with van der Waals surface area (Å²) < 4.78 is 0.538. The van der Waals surface area contributed by atoms with Crippen LogP contribution in [0.5, 0.6) is 0 Å². The van der Waals surface area contributed by atoms with Crippen molar-refractivity contribution in [2.75, 3.05) is 6.54 Å². The number of nitrogens with zero attached hydrogens (tertiary/aromatic N) is 1. The molecule has 0 aliphatic heterocycles. The zero-order valence-electron chi connectivity index (χ0n) is 11.3. The summed E-state index contributed by atoms with van der Waals surface area (Å²) in [6.07, 6.45) is -0.0940. The number of nitrogens with one attached hydrogen (secondary N) is 1. The fourth-order valence-electron chi connectivity index (χ4n) is 1.61. The minimum atomic E-state index is -0.595. The summed E-state index contributed by atoms with van der Waals surface area (Å²) in [5.41, 5.74) is -0.237. The molecule has 0 saturated heterocycles. The van der Waals surface area contributed by atoms with Gasteiger partial charge >= 0.3 is 0 Å². The predicted octanol–water partition coefficient (Wildman–Crippen LogP) is 2.49. The molecule has 0 aliphatic rings. The Hall–Kier alpha value is -1.47. The van der Waals surface area contributed by atoms with E-state index in [1.54, 1.807) is 6.07 Å². The summed E-state index contributed by atoms with van der Waals surface area (Å²) in [6.45, 7) is 4.03. The van der Waals surface area contributed by atoms with Gasteiger partial charge in [0.1, 0.15) is 5.56 Å². The third-order valence-electron chi connectivity index (χ3n) is 2.90. The molecule has 0 saturated carbocycles. The number of aliphatic hydroxyl groups excluding tert-OH is 1. The van der Waals surface area contributed by atoms with E-state index in [0.29, 0.717) is 10.9 Å². The molecule has 0 heterocycles. The highest BCUT2D eigenvalue weighted by atomic mass is 79.9. The summed E-state index contributed by atoms with van der Waals surface area (Å²) in [6, 6.07) is 4.26. The van der Waals surface area contributed by atoms with Crippen molar-refractivity contribution in [3.05, 3.63) is 38.3 Å². The molecule has 7 heteroatoms. The maximum Gasteiger partial charge on any atom is 0.283 e. The molecule has 0 aromatic heterocycles. The summed E-state index contributed by atoms with van der Waals surface area (Å²) in [7, 11) is 0. The van der Waals surface area contributed by atoms with Crippen LogP contribution in [-0.4, -0.2) is 28.6 Å². The van der Waals surface area contributed by atoms with Gasteiger partial charge in [-0.1, -0.05) is 29.8 Å². The van der Waals surface area contributed by atoms with E-state index in [9.17, 15) is 20.0 Å². The van der Waals surface area contributed by atoms with Crippen LogP contribution in [0, 0.1) is 16.0 Å². The van der Waals surface area contributed by atoms with E-state index in [2.05, 4.69) is 21.2 Å². The number of hydrogen-bond donors (Lipinski definition) is 2. The highest BCUT2D eigenvalue weighted by Crippen LogP contribution is 2.23. The molecule has 1 amide bonds. The van der Waals surface area contributed by atoms with E-state index in [1.165, 1.54) is 12.1 Å². The van der Waals surface area contributed by atoms with Gasteiger partial charge in [-0.2, -0.15) is 0 Å². The summed E-state index contributed by atoms with van der Waals surface area (Å²) in [5.74, 6) is -0.408. The Morgan fingerprint density at radius 3 is 2.70 bits per heavy atom. The quantitative estimate of drug-likeness (QED) is 0.612. The first kappa shape index (κ1) is 16.6. The van der Waals surface area contributed by atoms with Gasteiger partial charge in [0.25, 0.3) is 11.6 Å². The van der Waals surface area contributed by atoms with Crippen LogP contribution >= 0.6 is 15.9 Å². The van der Waals surface area contributed by atoms with Gasteiger partial charge in [0.2, 0.25) is 0 Å². The molecule has 0 bridgehead atoms. The molecule has 0 radical (unpaired) electrons. The number of nitro groups is 1. The average molecular weight is 345 g/mol. The van der Waals surface area contributed by atoms with Gasteiger partial charge in [-0.3, -0.25) is 14.9 Å². The normalized spacial score (nSPS) is 12.2. The van der Waals surface area contributed by atoms with Crippen LogP contribution in [0.1, 0.15) is 30.6 Å². The van der Waals surface area contributed by atoms with E-state index >= 15 is 0 Å². The molecule has 1 rings (SSSR count). The number of amides is 1. The van der Waals surface area contributed by atoms with Crippen molar-refractivity contribution < 1.29 is 14.8 Å². The molecular formula is C13H17BrN2O4. The number of aliphatic hydroxyl groups is 1. The monoisotopic (exact) mass is 344 g/mol. The van der Waals surface area contributed by atoms with Gasteiger partial charge in [-0.25, -0.2) is 0 Å². The Balaban J connectivity index is 2.71. The van der Waals surface area contributed by atoms with Crippen molar-refractivity contribution in [1.82, 2.24) is 5.32 Å². The molecule has 1 atom stereocenters. The van der Waals surface area contributed by atoms with Gasteiger partial charge in [0, 0.05) is 17.1 Å². The Labute approximate surface area is 125 Å². The fourth-order valence-corrected chi connectivity index (χ4v) is 1.96. The molecule has 110 valence electrons. The van der Waals surface area contributed by atoms with Gasteiger partial charge in [0.15, 0.2) is 0 Å². The lowest BCUT2D eigenvalue weighted by Crippen LogP contribution is -2.29. The highest BCUT2D eigenvalue weighted by molar-refractivity contribution is 9.10. The standard InChI is InChI=1S/C13H17BrN2O4/c1-8(2)12(17)5-6-15-13(18)10-4-3-9(14)7-11(10)16(19)20/h3-4,7-8,12,17H,5-6H2,1-2H3,(H,15,18). The van der Waals surface area contributed by atoms with Gasteiger partial charge in [-0.15, -0.1) is 0 Å². The van der Waals surface area contributed by atoms with Crippen LogP contribution < -0.4 is 5.32 Å². The second-order valence-electron chi connectivity index (χ2n) is 4.77. The minimum absolute atomic E-state index is 0.0113. The van der Waals surface area contributed by atoms with Crippen molar-refractivity contribution in [3.8, 4) is 0 Å². The van der Waals surface area contributed by atoms with Gasteiger partial charge in [-0.05, 0) is 24.5 Å². The first-order chi connectivity index (χ1) is 9.32. The lowest BCUT2D eigenvalue weighted by atomic mass is 10.0. The minimum Gasteiger partial charge on any atom is -0.393 e. The molecular weight excluding hydrogens is 328 g/mol. The molecule has 0 aliphatic carbocycles. The smallest absolute Gasteiger partial charge is 0.283 e. The second kappa shape index (κ2) is 7.35. The summed E-state index contributed by atoms with van der Waals surface area (Å²) in [4.78, 5) is 22.2. The molecule has 20 heavy (non-hydrogen) atoms. The van der Waals surface area contributed by atoms with E-state index in [-0.39, 0.29) is 23.7 Å². The Bertz CT molecular complexity index is 505. The number of nitro benzene ring substituents is 1. The van der Waals surface area contributed by atoms with E-state index in [4.69, 9.17) is 0 Å². The molecule has 0 fully saturated rings. The third kappa shape index (κ3) is 4.57. The number of halogens is 1. The van der Waals surface area contributed by atoms with Crippen molar-refractivity contribution in [2.24, 2.45) is 5.92 Å². The Kier molecular flexibility index (Phi) is 6.09. The van der Waals surface area contributed by atoms with Crippen LogP contribution in [0.25, 0.3) is 0 Å². The number of carbonyl (C=O) groups excluding carboxylic acids is 1. The predicted molar refractivity (Wildman–Crippen MR) is 78.6 cm³/mol. The first-order valence-electron chi connectivity index (χ1n) is 6.23. The largest absolute Gasteiger partial charge is 0.393 e. The van der Waals surface area contributed by atoms with E-state index in [0.717, 1.165) is 0 Å². The Morgan fingerprint density at radius 2 is 2.15 bits per heavy atom. The summed E-state index contributed by atoms with van der Waals surface area (Å²) in [5, 5.41) is 23.1. The molecule has 1 aromatic rings. The van der Waals surface area contributed by atoms with Crippen molar-refractivity contribution in [2.45, 2.75) is 26.4 Å². The van der Waals surface area contributed by atoms with Crippen LogP contribution in [0.2, 0.25) is 0 Å². The first-order valence-corrected chi connectivity index (χ1v) is 7.02. The molecule has 6 nitrogen and oxygen atoms in total. The second-order valence-corrected chi connectivity index (χ2v) is 5.69. The van der Waals surface area contributed by atoms with Gasteiger partial charge in [0.05, 0.1) is 11.0 Å². The molecule has 0 spiro atoms. The third-order valence-corrected chi connectivity index (χ3v) is 3.39. The fraction of sp³-hybridized carbons (Fsp3) is 0.462. The van der Waals surface area contributed by atoms with Crippen molar-refractivity contribution in [1.29, 1.82) is 0 Å².